The van der Waals surface area contributed by atoms with Crippen LogP contribution in [0.3, 0.4) is 0 Å². The first-order valence-corrected chi connectivity index (χ1v) is 6.97. The van der Waals surface area contributed by atoms with E-state index in [4.69, 9.17) is 10.6 Å². The number of methoxy groups -OCH3 is 1. The van der Waals surface area contributed by atoms with Gasteiger partial charge in [0.05, 0.1) is 12.6 Å². The van der Waals surface area contributed by atoms with Gasteiger partial charge in [0.2, 0.25) is 5.96 Å². The molecular weight excluding hydrogens is 228 g/mol. The van der Waals surface area contributed by atoms with E-state index >= 15 is 0 Å². The maximum absolute atomic E-state index is 5.62. The molecule has 5 heteroatoms. The molecular formula is C13H26N4O. The van der Waals surface area contributed by atoms with Gasteiger partial charge in [0.1, 0.15) is 0 Å². The molecule has 2 rings (SSSR count). The molecule has 0 aromatic carbocycles. The van der Waals surface area contributed by atoms with Crippen LogP contribution < -0.4 is 11.3 Å². The number of hydrogen-bond acceptors (Lipinski definition) is 3. The second-order valence-corrected chi connectivity index (χ2v) is 5.78. The number of rotatable bonds is 3. The molecule has 1 saturated heterocycles. The molecule has 0 bridgehead atoms. The zero-order valence-electron chi connectivity index (χ0n) is 11.6. The quantitative estimate of drug-likeness (QED) is 0.343. The number of aliphatic imine (C=N–C) groups is 1. The molecule has 0 amide bonds. The van der Waals surface area contributed by atoms with Gasteiger partial charge in [-0.3, -0.25) is 5.43 Å². The van der Waals surface area contributed by atoms with Gasteiger partial charge in [-0.05, 0) is 31.6 Å². The summed E-state index contributed by atoms with van der Waals surface area (Å²) in [6.45, 7) is 4.85. The Morgan fingerprint density at radius 3 is 2.78 bits per heavy atom. The topological polar surface area (TPSA) is 62.9 Å². The first kappa shape index (κ1) is 13.6. The highest BCUT2D eigenvalue weighted by molar-refractivity contribution is 5.80. The lowest BCUT2D eigenvalue weighted by atomic mass is 9.86. The van der Waals surface area contributed by atoms with Crippen molar-refractivity contribution in [3.8, 4) is 0 Å². The molecule has 2 fully saturated rings. The van der Waals surface area contributed by atoms with E-state index < -0.39 is 0 Å². The average Bonchev–Trinajstić information content (AvgIpc) is 2.98. The van der Waals surface area contributed by atoms with Crippen molar-refractivity contribution in [3.05, 3.63) is 0 Å². The van der Waals surface area contributed by atoms with Crippen molar-refractivity contribution >= 4 is 5.96 Å². The van der Waals surface area contributed by atoms with Crippen LogP contribution in [0, 0.1) is 5.41 Å². The lowest BCUT2D eigenvalue weighted by molar-refractivity contribution is 0.185. The molecule has 5 nitrogen and oxygen atoms in total. The zero-order valence-corrected chi connectivity index (χ0v) is 11.6. The Morgan fingerprint density at radius 2 is 2.17 bits per heavy atom. The van der Waals surface area contributed by atoms with Gasteiger partial charge in [-0.1, -0.05) is 12.8 Å². The molecule has 2 aliphatic rings. The van der Waals surface area contributed by atoms with Crippen LogP contribution in [0.5, 0.6) is 0 Å². The van der Waals surface area contributed by atoms with Crippen molar-refractivity contribution in [2.75, 3.05) is 26.8 Å². The van der Waals surface area contributed by atoms with Crippen LogP contribution in [0.1, 0.15) is 39.0 Å². The number of nitrogens with one attached hydrogen (secondary N) is 1. The summed E-state index contributed by atoms with van der Waals surface area (Å²) in [6.07, 6.45) is 6.79. The number of hydrazine groups is 1. The Bertz CT molecular complexity index is 299. The van der Waals surface area contributed by atoms with Crippen molar-refractivity contribution in [1.82, 2.24) is 10.3 Å². The Labute approximate surface area is 110 Å². The highest BCUT2D eigenvalue weighted by Crippen LogP contribution is 2.45. The Kier molecular flexibility index (Phi) is 4.45. The number of guanidine groups is 1. The molecule has 104 valence electrons. The summed E-state index contributed by atoms with van der Waals surface area (Å²) >= 11 is 0. The Balaban J connectivity index is 1.97. The zero-order chi connectivity index (χ0) is 13.0. The van der Waals surface area contributed by atoms with E-state index in [1.54, 1.807) is 7.11 Å². The fourth-order valence-corrected chi connectivity index (χ4v) is 3.35. The SMILES string of the molecule is COCC(C)N=C(NN)N1CCC2(CCCC2)C1. The largest absolute Gasteiger partial charge is 0.382 e. The molecule has 1 heterocycles. The minimum absolute atomic E-state index is 0.140. The predicted molar refractivity (Wildman–Crippen MR) is 73.2 cm³/mol. The molecule has 3 N–H and O–H groups in total. The Hall–Kier alpha value is -0.810. The molecule has 1 spiro atoms. The summed E-state index contributed by atoms with van der Waals surface area (Å²) in [5.74, 6) is 6.44. The van der Waals surface area contributed by atoms with Gasteiger partial charge >= 0.3 is 0 Å². The molecule has 1 aliphatic carbocycles. The van der Waals surface area contributed by atoms with Crippen molar-refractivity contribution in [2.24, 2.45) is 16.3 Å². The summed E-state index contributed by atoms with van der Waals surface area (Å²) in [5, 5.41) is 0. The van der Waals surface area contributed by atoms with Gasteiger partial charge in [0.25, 0.3) is 0 Å². The van der Waals surface area contributed by atoms with Gasteiger partial charge in [-0.25, -0.2) is 10.8 Å². The fraction of sp³-hybridized carbons (Fsp3) is 0.923. The molecule has 18 heavy (non-hydrogen) atoms. The van der Waals surface area contributed by atoms with Gasteiger partial charge < -0.3 is 9.64 Å². The highest BCUT2D eigenvalue weighted by Gasteiger charge is 2.41. The van der Waals surface area contributed by atoms with Crippen molar-refractivity contribution in [3.63, 3.8) is 0 Å². The number of ether oxygens (including phenoxy) is 1. The van der Waals surface area contributed by atoms with Crippen LogP contribution in [-0.2, 0) is 4.74 Å². The summed E-state index contributed by atoms with van der Waals surface area (Å²) < 4.78 is 5.11. The molecule has 0 aromatic rings. The molecule has 1 atom stereocenters. The molecule has 0 aromatic heterocycles. The second kappa shape index (κ2) is 5.89. The summed E-state index contributed by atoms with van der Waals surface area (Å²) in [7, 11) is 1.70. The van der Waals surface area contributed by atoms with Crippen molar-refractivity contribution in [2.45, 2.75) is 45.1 Å². The van der Waals surface area contributed by atoms with E-state index in [0.717, 1.165) is 19.0 Å². The summed E-state index contributed by atoms with van der Waals surface area (Å²) in [4.78, 5) is 6.91. The second-order valence-electron chi connectivity index (χ2n) is 5.78. The third-order valence-electron chi connectivity index (χ3n) is 4.28. The molecule has 1 aliphatic heterocycles. The number of likely N-dealkylation sites (tertiary alicyclic amines) is 1. The number of hydrogen-bond donors (Lipinski definition) is 2. The smallest absolute Gasteiger partial charge is 0.208 e. The lowest BCUT2D eigenvalue weighted by Gasteiger charge is -2.25. The number of nitrogens with two attached hydrogens (primary N) is 1. The van der Waals surface area contributed by atoms with Crippen LogP contribution in [-0.4, -0.2) is 43.7 Å². The molecule has 1 saturated carbocycles. The lowest BCUT2D eigenvalue weighted by Crippen LogP contribution is -2.45. The maximum Gasteiger partial charge on any atom is 0.208 e. The maximum atomic E-state index is 5.62. The summed E-state index contributed by atoms with van der Waals surface area (Å²) in [6, 6.07) is 0.140. The van der Waals surface area contributed by atoms with Gasteiger partial charge in [0.15, 0.2) is 0 Å². The third-order valence-corrected chi connectivity index (χ3v) is 4.28. The highest BCUT2D eigenvalue weighted by atomic mass is 16.5. The van der Waals surface area contributed by atoms with Crippen LogP contribution >= 0.6 is 0 Å². The first-order chi connectivity index (χ1) is 8.69. The van der Waals surface area contributed by atoms with E-state index in [0.29, 0.717) is 12.0 Å². The average molecular weight is 254 g/mol. The van der Waals surface area contributed by atoms with E-state index in [2.05, 4.69) is 15.3 Å². The minimum Gasteiger partial charge on any atom is -0.382 e. The van der Waals surface area contributed by atoms with E-state index in [1.807, 2.05) is 6.92 Å². The molecule has 1 unspecified atom stereocenters. The predicted octanol–water partition coefficient (Wildman–Crippen LogP) is 1.11. The van der Waals surface area contributed by atoms with E-state index in [9.17, 15) is 0 Å². The standard InChI is InChI=1S/C13H26N4O/c1-11(9-18-2)15-12(16-14)17-8-7-13(10-17)5-3-4-6-13/h11H,3-10,14H2,1-2H3,(H,15,16). The fourth-order valence-electron chi connectivity index (χ4n) is 3.35. The molecule has 0 radical (unpaired) electrons. The first-order valence-electron chi connectivity index (χ1n) is 6.97. The van der Waals surface area contributed by atoms with E-state index in [-0.39, 0.29) is 6.04 Å². The van der Waals surface area contributed by atoms with Crippen LogP contribution in [0.25, 0.3) is 0 Å². The van der Waals surface area contributed by atoms with E-state index in [1.165, 1.54) is 32.1 Å². The van der Waals surface area contributed by atoms with Crippen LogP contribution in [0.2, 0.25) is 0 Å². The van der Waals surface area contributed by atoms with Gasteiger partial charge in [-0.15, -0.1) is 0 Å². The van der Waals surface area contributed by atoms with Crippen molar-refractivity contribution in [1.29, 1.82) is 0 Å². The monoisotopic (exact) mass is 254 g/mol. The number of nitrogens with zero attached hydrogens (tertiary/aromatic N) is 2. The van der Waals surface area contributed by atoms with Gasteiger partial charge in [-0.2, -0.15) is 0 Å². The normalized spacial score (nSPS) is 24.8. The summed E-state index contributed by atoms with van der Waals surface area (Å²) in [5.41, 5.74) is 3.30. The Morgan fingerprint density at radius 1 is 1.44 bits per heavy atom. The van der Waals surface area contributed by atoms with Crippen LogP contribution in [0.15, 0.2) is 4.99 Å². The third kappa shape index (κ3) is 2.95. The van der Waals surface area contributed by atoms with Gasteiger partial charge in [0, 0.05) is 20.2 Å². The van der Waals surface area contributed by atoms with Crippen molar-refractivity contribution < 1.29 is 4.74 Å². The van der Waals surface area contributed by atoms with Crippen LogP contribution in [0.4, 0.5) is 0 Å². The minimum atomic E-state index is 0.140.